The van der Waals surface area contributed by atoms with Crippen molar-refractivity contribution >= 4 is 17.6 Å². The van der Waals surface area contributed by atoms with Crippen LogP contribution >= 0.6 is 0 Å². The molecule has 1 N–H and O–H groups in total. The summed E-state index contributed by atoms with van der Waals surface area (Å²) in [6, 6.07) is 10.6. The fourth-order valence-electron chi connectivity index (χ4n) is 6.36. The summed E-state index contributed by atoms with van der Waals surface area (Å²) in [5.74, 6) is 1.78. The third-order valence-electron chi connectivity index (χ3n) is 7.18. The van der Waals surface area contributed by atoms with E-state index in [1.807, 2.05) is 6.07 Å². The van der Waals surface area contributed by atoms with Crippen molar-refractivity contribution in [2.45, 2.75) is 43.9 Å². The molecule has 2 aromatic rings. The SMILES string of the molecule is COC(=O)c1ccccc1NC(=O)c1ccnc(C23CC4CC(CC(C4)C2)C3)c1. The van der Waals surface area contributed by atoms with Crippen LogP contribution in [0.4, 0.5) is 5.69 Å². The number of benzene rings is 1. The zero-order chi connectivity index (χ0) is 20.0. The topological polar surface area (TPSA) is 68.3 Å². The van der Waals surface area contributed by atoms with E-state index < -0.39 is 5.97 Å². The summed E-state index contributed by atoms with van der Waals surface area (Å²) in [5, 5.41) is 2.88. The Morgan fingerprint density at radius 2 is 1.69 bits per heavy atom. The molecule has 4 aliphatic rings. The molecule has 4 fully saturated rings. The average Bonchev–Trinajstić information content (AvgIpc) is 2.73. The average molecular weight is 390 g/mol. The molecule has 5 heteroatoms. The van der Waals surface area contributed by atoms with Gasteiger partial charge in [0.2, 0.25) is 0 Å². The molecule has 0 radical (unpaired) electrons. The second-order valence-corrected chi connectivity index (χ2v) is 9.12. The van der Waals surface area contributed by atoms with Crippen molar-refractivity contribution in [1.82, 2.24) is 4.98 Å². The minimum atomic E-state index is -0.468. The molecule has 1 aromatic heterocycles. The van der Waals surface area contributed by atoms with E-state index in [2.05, 4.69) is 5.32 Å². The molecule has 0 atom stereocenters. The minimum absolute atomic E-state index is 0.148. The van der Waals surface area contributed by atoms with Crippen molar-refractivity contribution in [2.24, 2.45) is 17.8 Å². The maximum Gasteiger partial charge on any atom is 0.339 e. The highest BCUT2D eigenvalue weighted by Gasteiger charge is 2.52. The van der Waals surface area contributed by atoms with Gasteiger partial charge in [0.15, 0.2) is 0 Å². The first-order chi connectivity index (χ1) is 14.1. The summed E-state index contributed by atoms with van der Waals surface area (Å²) in [6.07, 6.45) is 9.53. The number of carbonyl (C=O) groups is 2. The molecule has 4 bridgehead atoms. The lowest BCUT2D eigenvalue weighted by atomic mass is 9.48. The molecule has 1 aromatic carbocycles. The summed E-state index contributed by atoms with van der Waals surface area (Å²) < 4.78 is 4.82. The Hall–Kier alpha value is -2.69. The summed E-state index contributed by atoms with van der Waals surface area (Å²) in [5.41, 5.74) is 2.61. The minimum Gasteiger partial charge on any atom is -0.465 e. The molecule has 0 saturated heterocycles. The van der Waals surface area contributed by atoms with Gasteiger partial charge in [0, 0.05) is 22.9 Å². The maximum absolute atomic E-state index is 13.0. The van der Waals surface area contributed by atoms with E-state index in [0.29, 0.717) is 16.8 Å². The molecule has 0 spiro atoms. The highest BCUT2D eigenvalue weighted by Crippen LogP contribution is 2.60. The van der Waals surface area contributed by atoms with Gasteiger partial charge in [-0.15, -0.1) is 0 Å². The number of nitrogens with one attached hydrogen (secondary N) is 1. The number of carbonyl (C=O) groups excluding carboxylic acids is 2. The van der Waals surface area contributed by atoms with Gasteiger partial charge in [0.05, 0.1) is 18.4 Å². The van der Waals surface area contributed by atoms with Gasteiger partial charge < -0.3 is 10.1 Å². The molecule has 1 heterocycles. The fraction of sp³-hybridized carbons (Fsp3) is 0.458. The lowest BCUT2D eigenvalue weighted by Crippen LogP contribution is -2.49. The number of hydrogen-bond donors (Lipinski definition) is 1. The first kappa shape index (κ1) is 18.3. The van der Waals surface area contributed by atoms with Gasteiger partial charge in [-0.05, 0) is 80.5 Å². The van der Waals surface area contributed by atoms with Gasteiger partial charge >= 0.3 is 5.97 Å². The Labute approximate surface area is 170 Å². The molecule has 0 unspecified atom stereocenters. The van der Waals surface area contributed by atoms with Crippen LogP contribution in [0.2, 0.25) is 0 Å². The van der Waals surface area contributed by atoms with Crippen LogP contribution in [0.3, 0.4) is 0 Å². The quantitative estimate of drug-likeness (QED) is 0.776. The van der Waals surface area contributed by atoms with E-state index in [4.69, 9.17) is 9.72 Å². The number of methoxy groups -OCH3 is 1. The largest absolute Gasteiger partial charge is 0.465 e. The van der Waals surface area contributed by atoms with Crippen LogP contribution in [0.1, 0.15) is 64.9 Å². The van der Waals surface area contributed by atoms with E-state index >= 15 is 0 Å². The number of para-hydroxylation sites is 1. The van der Waals surface area contributed by atoms with E-state index in [9.17, 15) is 9.59 Å². The van der Waals surface area contributed by atoms with Gasteiger partial charge in [-0.25, -0.2) is 4.79 Å². The third kappa shape index (κ3) is 3.22. The van der Waals surface area contributed by atoms with Gasteiger partial charge in [-0.2, -0.15) is 0 Å². The first-order valence-electron chi connectivity index (χ1n) is 10.5. The molecule has 6 rings (SSSR count). The molecule has 5 nitrogen and oxygen atoms in total. The predicted octanol–water partition coefficient (Wildman–Crippen LogP) is 4.59. The fourth-order valence-corrected chi connectivity index (χ4v) is 6.36. The standard InChI is InChI=1S/C24H26N2O3/c1-29-23(28)19-4-2-3-5-20(19)26-22(27)18-6-7-25-21(11-18)24-12-15-8-16(13-24)10-17(9-15)14-24/h2-7,11,15-17H,8-10,12-14H2,1H3,(H,26,27). The van der Waals surface area contributed by atoms with Crippen molar-refractivity contribution in [3.63, 3.8) is 0 Å². The number of anilines is 1. The third-order valence-corrected chi connectivity index (χ3v) is 7.18. The van der Waals surface area contributed by atoms with Crippen LogP contribution in [0.5, 0.6) is 0 Å². The van der Waals surface area contributed by atoms with E-state index in [1.54, 1.807) is 36.5 Å². The van der Waals surface area contributed by atoms with Crippen molar-refractivity contribution in [3.8, 4) is 0 Å². The number of hydrogen-bond acceptors (Lipinski definition) is 4. The van der Waals surface area contributed by atoms with Crippen LogP contribution in [-0.4, -0.2) is 24.0 Å². The van der Waals surface area contributed by atoms with Crippen LogP contribution < -0.4 is 5.32 Å². The smallest absolute Gasteiger partial charge is 0.339 e. The molecule has 29 heavy (non-hydrogen) atoms. The Morgan fingerprint density at radius 3 is 2.34 bits per heavy atom. The maximum atomic E-state index is 13.0. The number of pyridine rings is 1. The second-order valence-electron chi connectivity index (χ2n) is 9.12. The van der Waals surface area contributed by atoms with Crippen LogP contribution in [0, 0.1) is 17.8 Å². The number of ether oxygens (including phenoxy) is 1. The van der Waals surface area contributed by atoms with Gasteiger partial charge in [-0.1, -0.05) is 12.1 Å². The normalized spacial score (nSPS) is 29.5. The monoisotopic (exact) mass is 390 g/mol. The lowest BCUT2D eigenvalue weighted by Gasteiger charge is -2.56. The molecular weight excluding hydrogens is 364 g/mol. The number of esters is 1. The Morgan fingerprint density at radius 1 is 1.03 bits per heavy atom. The number of nitrogens with zero attached hydrogens (tertiary/aromatic N) is 1. The van der Waals surface area contributed by atoms with Crippen molar-refractivity contribution in [1.29, 1.82) is 0 Å². The number of amides is 1. The summed E-state index contributed by atoms with van der Waals surface area (Å²) in [7, 11) is 1.33. The molecule has 0 aliphatic heterocycles. The van der Waals surface area contributed by atoms with Gasteiger partial charge in [-0.3, -0.25) is 9.78 Å². The van der Waals surface area contributed by atoms with Crippen molar-refractivity contribution in [3.05, 3.63) is 59.4 Å². The summed E-state index contributed by atoms with van der Waals surface area (Å²) in [6.45, 7) is 0. The van der Waals surface area contributed by atoms with Crippen LogP contribution in [-0.2, 0) is 10.2 Å². The van der Waals surface area contributed by atoms with Crippen LogP contribution in [0.25, 0.3) is 0 Å². The molecule has 1 amide bonds. The van der Waals surface area contributed by atoms with Gasteiger partial charge in [0.25, 0.3) is 5.91 Å². The van der Waals surface area contributed by atoms with Crippen molar-refractivity contribution in [2.75, 3.05) is 12.4 Å². The highest BCUT2D eigenvalue weighted by molar-refractivity contribution is 6.08. The number of rotatable bonds is 4. The highest BCUT2D eigenvalue weighted by atomic mass is 16.5. The molecule has 4 saturated carbocycles. The molecule has 150 valence electrons. The number of aromatic nitrogens is 1. The Kier molecular flexibility index (Phi) is 4.41. The zero-order valence-electron chi connectivity index (χ0n) is 16.7. The predicted molar refractivity (Wildman–Crippen MR) is 110 cm³/mol. The molecular formula is C24H26N2O3. The summed E-state index contributed by atoms with van der Waals surface area (Å²) in [4.78, 5) is 29.7. The first-order valence-corrected chi connectivity index (χ1v) is 10.5. The van der Waals surface area contributed by atoms with E-state index in [1.165, 1.54) is 45.6 Å². The lowest BCUT2D eigenvalue weighted by molar-refractivity contribution is -0.00721. The zero-order valence-corrected chi connectivity index (χ0v) is 16.7. The second kappa shape index (κ2) is 6.97. The summed E-state index contributed by atoms with van der Waals surface area (Å²) >= 11 is 0. The van der Waals surface area contributed by atoms with Crippen molar-refractivity contribution < 1.29 is 14.3 Å². The molecule has 4 aliphatic carbocycles. The van der Waals surface area contributed by atoms with E-state index in [-0.39, 0.29) is 11.3 Å². The Balaban J connectivity index is 1.41. The Bertz CT molecular complexity index is 933. The van der Waals surface area contributed by atoms with E-state index in [0.717, 1.165) is 23.4 Å². The van der Waals surface area contributed by atoms with Crippen LogP contribution in [0.15, 0.2) is 42.6 Å². The van der Waals surface area contributed by atoms with Gasteiger partial charge in [0.1, 0.15) is 0 Å².